The van der Waals surface area contributed by atoms with Gasteiger partial charge in [-0.3, -0.25) is 0 Å². The molecule has 0 aliphatic rings. The van der Waals surface area contributed by atoms with Crippen molar-refractivity contribution >= 4 is 24.9 Å². The van der Waals surface area contributed by atoms with Crippen LogP contribution < -0.4 is 0 Å². The average Bonchev–Trinajstić information content (AvgIpc) is 2.27. The Bertz CT molecular complexity index is 532. The van der Waals surface area contributed by atoms with Gasteiger partial charge in [-0.1, -0.05) is 68.2 Å². The van der Waals surface area contributed by atoms with Crippen LogP contribution >= 0.6 is 0 Å². The zero-order valence-corrected chi connectivity index (χ0v) is 11.9. The molecule has 0 nitrogen and oxygen atoms in total. The molecule has 0 aliphatic carbocycles. The molecule has 88 valence electrons. The van der Waals surface area contributed by atoms with E-state index in [1.807, 2.05) is 0 Å². The van der Waals surface area contributed by atoms with E-state index in [-0.39, 0.29) is 0 Å². The molecule has 0 saturated heterocycles. The molecule has 0 radical (unpaired) electrons. The molecule has 2 aromatic rings. The van der Waals surface area contributed by atoms with Crippen LogP contribution in [0.5, 0.6) is 0 Å². The summed E-state index contributed by atoms with van der Waals surface area (Å²) in [5, 5.41) is 2.64. The summed E-state index contributed by atoms with van der Waals surface area (Å²) in [4.78, 5) is 0. The maximum absolute atomic E-state index is 2.40. The lowest BCUT2D eigenvalue weighted by molar-refractivity contribution is 1.52. The van der Waals surface area contributed by atoms with E-state index in [4.69, 9.17) is 0 Å². The Balaban J connectivity index is 2.20. The standard InChI is InChI=1S/C16H20Si/c1-17(2,3)12-6-7-14-10-11-15-8-4-5-9-16(15)13-14/h4-11,13H,12H2,1-3H3/b7-6+. The van der Waals surface area contributed by atoms with E-state index in [0.717, 1.165) is 0 Å². The Morgan fingerprint density at radius 2 is 1.65 bits per heavy atom. The van der Waals surface area contributed by atoms with Crippen molar-refractivity contribution in [1.82, 2.24) is 0 Å². The predicted molar refractivity (Wildman–Crippen MR) is 81.1 cm³/mol. The van der Waals surface area contributed by atoms with Gasteiger partial charge in [-0.15, -0.1) is 0 Å². The Hall–Kier alpha value is -1.34. The summed E-state index contributed by atoms with van der Waals surface area (Å²) in [6.45, 7) is 7.20. The van der Waals surface area contributed by atoms with E-state index in [1.165, 1.54) is 22.4 Å². The van der Waals surface area contributed by atoms with Crippen LogP contribution in [0.2, 0.25) is 25.7 Å². The van der Waals surface area contributed by atoms with Crippen LogP contribution in [-0.4, -0.2) is 8.07 Å². The zero-order chi connectivity index (χ0) is 12.3. The number of hydrogen-bond acceptors (Lipinski definition) is 0. The zero-order valence-electron chi connectivity index (χ0n) is 10.9. The van der Waals surface area contributed by atoms with Crippen LogP contribution in [0.25, 0.3) is 16.8 Å². The molecule has 0 spiro atoms. The van der Waals surface area contributed by atoms with Gasteiger partial charge in [0.1, 0.15) is 0 Å². The van der Waals surface area contributed by atoms with Crippen LogP contribution in [0.15, 0.2) is 48.5 Å². The molecule has 0 saturated carbocycles. The van der Waals surface area contributed by atoms with Gasteiger partial charge in [-0.25, -0.2) is 0 Å². The lowest BCUT2D eigenvalue weighted by Gasteiger charge is -2.11. The maximum Gasteiger partial charge on any atom is 0.0480 e. The molecule has 0 aliphatic heterocycles. The van der Waals surface area contributed by atoms with Crippen molar-refractivity contribution in [3.05, 3.63) is 54.1 Å². The Labute approximate surface area is 105 Å². The smallest absolute Gasteiger partial charge is 0.0480 e. The van der Waals surface area contributed by atoms with Gasteiger partial charge >= 0.3 is 0 Å². The highest BCUT2D eigenvalue weighted by Gasteiger charge is 2.09. The van der Waals surface area contributed by atoms with E-state index in [2.05, 4.69) is 74.3 Å². The highest BCUT2D eigenvalue weighted by molar-refractivity contribution is 6.76. The molecule has 0 unspecified atom stereocenters. The second-order valence-electron chi connectivity index (χ2n) is 5.77. The van der Waals surface area contributed by atoms with Crippen LogP contribution in [0.4, 0.5) is 0 Å². The largest absolute Gasteiger partial charge is 0.0866 e. The second kappa shape index (κ2) is 4.88. The van der Waals surface area contributed by atoms with Gasteiger partial charge < -0.3 is 0 Å². The summed E-state index contributed by atoms with van der Waals surface area (Å²) in [6, 6.07) is 16.4. The van der Waals surface area contributed by atoms with Crippen molar-refractivity contribution in [1.29, 1.82) is 0 Å². The molecule has 2 rings (SSSR count). The topological polar surface area (TPSA) is 0 Å². The van der Waals surface area contributed by atoms with Crippen molar-refractivity contribution in [3.8, 4) is 0 Å². The van der Waals surface area contributed by atoms with Crippen molar-refractivity contribution < 1.29 is 0 Å². The SMILES string of the molecule is C[Si](C)(C)C/C=C/c1ccc2ccccc2c1. The third-order valence-electron chi connectivity index (χ3n) is 2.81. The first-order valence-corrected chi connectivity index (χ1v) is 9.91. The molecule has 0 fully saturated rings. The summed E-state index contributed by atoms with van der Waals surface area (Å²) in [7, 11) is -0.952. The Morgan fingerprint density at radius 3 is 2.35 bits per heavy atom. The van der Waals surface area contributed by atoms with E-state index in [9.17, 15) is 0 Å². The van der Waals surface area contributed by atoms with Gasteiger partial charge in [0.15, 0.2) is 0 Å². The summed E-state index contributed by atoms with van der Waals surface area (Å²) in [5.41, 5.74) is 1.31. The number of allylic oxidation sites excluding steroid dienone is 1. The first-order chi connectivity index (χ1) is 8.04. The average molecular weight is 240 g/mol. The Kier molecular flexibility index (Phi) is 3.48. The lowest BCUT2D eigenvalue weighted by atomic mass is 10.1. The number of benzene rings is 2. The van der Waals surface area contributed by atoms with Gasteiger partial charge in [0, 0.05) is 8.07 Å². The molecule has 0 atom stereocenters. The predicted octanol–water partition coefficient (Wildman–Crippen LogP) is 5.19. The third-order valence-corrected chi connectivity index (χ3v) is 4.27. The summed E-state index contributed by atoms with van der Waals surface area (Å²) >= 11 is 0. The summed E-state index contributed by atoms with van der Waals surface area (Å²) < 4.78 is 0. The quantitative estimate of drug-likeness (QED) is 0.648. The Morgan fingerprint density at radius 1 is 0.941 bits per heavy atom. The summed E-state index contributed by atoms with van der Waals surface area (Å²) in [5.74, 6) is 0. The number of hydrogen-bond donors (Lipinski definition) is 0. The van der Waals surface area contributed by atoms with Gasteiger partial charge in [0.25, 0.3) is 0 Å². The van der Waals surface area contributed by atoms with Crippen molar-refractivity contribution in [2.45, 2.75) is 25.7 Å². The number of rotatable bonds is 3. The van der Waals surface area contributed by atoms with Crippen LogP contribution in [0.3, 0.4) is 0 Å². The van der Waals surface area contributed by atoms with Gasteiger partial charge in [-0.2, -0.15) is 0 Å². The van der Waals surface area contributed by atoms with Gasteiger partial charge in [0.05, 0.1) is 0 Å². The molecule has 0 amide bonds. The van der Waals surface area contributed by atoms with Gasteiger partial charge in [0.2, 0.25) is 0 Å². The fourth-order valence-corrected chi connectivity index (χ4v) is 2.68. The molecule has 0 aromatic heterocycles. The highest BCUT2D eigenvalue weighted by atomic mass is 28.3. The van der Waals surface area contributed by atoms with Crippen molar-refractivity contribution in [2.24, 2.45) is 0 Å². The van der Waals surface area contributed by atoms with Crippen LogP contribution in [0, 0.1) is 0 Å². The van der Waals surface area contributed by atoms with E-state index >= 15 is 0 Å². The van der Waals surface area contributed by atoms with Crippen molar-refractivity contribution in [2.75, 3.05) is 0 Å². The fraction of sp³-hybridized carbons (Fsp3) is 0.250. The van der Waals surface area contributed by atoms with Crippen molar-refractivity contribution in [3.63, 3.8) is 0 Å². The normalized spacial score (nSPS) is 12.4. The number of fused-ring (bicyclic) bond motifs is 1. The summed E-state index contributed by atoms with van der Waals surface area (Å²) in [6.07, 6.45) is 4.58. The minimum Gasteiger partial charge on any atom is -0.0866 e. The molecule has 0 bridgehead atoms. The first-order valence-electron chi connectivity index (χ1n) is 6.20. The molecule has 1 heteroatoms. The van der Waals surface area contributed by atoms with E-state index < -0.39 is 8.07 Å². The molecular formula is C16H20Si. The lowest BCUT2D eigenvalue weighted by Crippen LogP contribution is -2.17. The highest BCUT2D eigenvalue weighted by Crippen LogP contribution is 2.17. The molecular weight excluding hydrogens is 220 g/mol. The molecule has 0 N–H and O–H groups in total. The maximum atomic E-state index is 2.40. The molecule has 0 heterocycles. The minimum absolute atomic E-state index is 0.952. The fourth-order valence-electron chi connectivity index (χ4n) is 1.86. The second-order valence-corrected chi connectivity index (χ2v) is 11.3. The van der Waals surface area contributed by atoms with E-state index in [0.29, 0.717) is 0 Å². The third kappa shape index (κ3) is 3.57. The first kappa shape index (κ1) is 12.1. The monoisotopic (exact) mass is 240 g/mol. The minimum atomic E-state index is -0.952. The van der Waals surface area contributed by atoms with Gasteiger partial charge in [-0.05, 0) is 28.4 Å². The molecule has 17 heavy (non-hydrogen) atoms. The molecule has 2 aromatic carbocycles. The van der Waals surface area contributed by atoms with Crippen LogP contribution in [0.1, 0.15) is 5.56 Å². The van der Waals surface area contributed by atoms with E-state index in [1.54, 1.807) is 0 Å². The van der Waals surface area contributed by atoms with Crippen LogP contribution in [-0.2, 0) is 0 Å².